The molecule has 1 rings (SSSR count). The molecule has 48 valence electrons. The molecule has 0 atom stereocenters. The monoisotopic (exact) mass is 116 g/mol. The Bertz CT molecular complexity index is 34.2. The van der Waals surface area contributed by atoms with Crippen molar-refractivity contribution in [2.75, 3.05) is 26.2 Å². The Balaban J connectivity index is 0.000000222. The van der Waals surface area contributed by atoms with Crippen LogP contribution in [0, 0.1) is 0 Å². The van der Waals surface area contributed by atoms with Crippen LogP contribution in [0.5, 0.6) is 0 Å². The lowest BCUT2D eigenvalue weighted by atomic mass is 10.4. The molecule has 1 fully saturated rings. The zero-order valence-corrected chi connectivity index (χ0v) is 4.94. The summed E-state index contributed by atoms with van der Waals surface area (Å²) in [6.07, 6.45) is 0. The molecule has 0 saturated carbocycles. The molecule has 1 aliphatic rings. The van der Waals surface area contributed by atoms with Crippen LogP contribution in [0.2, 0.25) is 0 Å². The maximum atomic E-state index is 8.00. The van der Waals surface area contributed by atoms with Crippen LogP contribution in [0.3, 0.4) is 0 Å². The molecule has 1 aliphatic heterocycles. The molecule has 2 N–H and O–H groups in total. The average molecular weight is 116 g/mol. The molecule has 3 nitrogen and oxygen atoms in total. The molecule has 0 aromatic heterocycles. The minimum Gasteiger partial charge on any atom is -0.314 e. The minimum absolute atomic E-state index is 1.14. The molecule has 0 amide bonds. The second-order valence-corrected chi connectivity index (χ2v) is 1.50. The highest BCUT2D eigenvalue weighted by Crippen LogP contribution is 1.65. The number of carbonyl (C=O) groups is 1. The number of hydrogen-bond donors (Lipinski definition) is 2. The maximum absolute atomic E-state index is 8.00. The number of hydrogen-bond acceptors (Lipinski definition) is 3. The van der Waals surface area contributed by atoms with Gasteiger partial charge in [0, 0.05) is 26.2 Å². The Kier molecular flexibility index (Phi) is 6.25. The summed E-state index contributed by atoms with van der Waals surface area (Å²) < 4.78 is 0. The van der Waals surface area contributed by atoms with Gasteiger partial charge in [-0.1, -0.05) is 0 Å². The zero-order chi connectivity index (χ0) is 6.24. The molecule has 0 aromatic carbocycles. The minimum atomic E-state index is 1.14. The third-order valence-corrected chi connectivity index (χ3v) is 0.957. The van der Waals surface area contributed by atoms with Gasteiger partial charge in [-0.15, -0.1) is 0 Å². The Morgan fingerprint density at radius 3 is 1.25 bits per heavy atom. The van der Waals surface area contributed by atoms with Crippen molar-refractivity contribution in [3.05, 3.63) is 0 Å². The van der Waals surface area contributed by atoms with E-state index in [1.165, 1.54) is 0 Å². The van der Waals surface area contributed by atoms with E-state index in [0.29, 0.717) is 0 Å². The van der Waals surface area contributed by atoms with Crippen LogP contribution < -0.4 is 10.6 Å². The van der Waals surface area contributed by atoms with Crippen molar-refractivity contribution in [2.45, 2.75) is 0 Å². The molecule has 1 saturated heterocycles. The Labute approximate surface area is 49.5 Å². The lowest BCUT2D eigenvalue weighted by Crippen LogP contribution is -2.39. The molecule has 8 heavy (non-hydrogen) atoms. The second-order valence-electron chi connectivity index (χ2n) is 1.50. The standard InChI is InChI=1S/C4H10N2.CH2O/c1-2-6-4-3-5-1;1-2/h5-6H,1-4H2;1H2. The Morgan fingerprint density at radius 1 is 0.875 bits per heavy atom. The van der Waals surface area contributed by atoms with Gasteiger partial charge in [0.15, 0.2) is 0 Å². The maximum Gasteiger partial charge on any atom is 0.106 e. The van der Waals surface area contributed by atoms with Gasteiger partial charge < -0.3 is 15.4 Å². The fraction of sp³-hybridized carbons (Fsp3) is 0.800. The fourth-order valence-electron chi connectivity index (χ4n) is 0.604. The first kappa shape index (κ1) is 7.59. The van der Waals surface area contributed by atoms with Crippen LogP contribution in [-0.4, -0.2) is 33.0 Å². The van der Waals surface area contributed by atoms with Crippen molar-refractivity contribution in [3.8, 4) is 0 Å². The second kappa shape index (κ2) is 6.59. The quantitative estimate of drug-likeness (QED) is 0.426. The summed E-state index contributed by atoms with van der Waals surface area (Å²) in [6.45, 7) is 6.56. The van der Waals surface area contributed by atoms with Crippen LogP contribution in [-0.2, 0) is 4.79 Å². The molecule has 0 radical (unpaired) electrons. The normalized spacial score (nSPS) is 18.5. The van der Waals surface area contributed by atoms with E-state index in [9.17, 15) is 0 Å². The summed E-state index contributed by atoms with van der Waals surface area (Å²) in [6, 6.07) is 0. The molecule has 0 aromatic rings. The van der Waals surface area contributed by atoms with Gasteiger partial charge in [0.2, 0.25) is 0 Å². The van der Waals surface area contributed by atoms with Crippen LogP contribution in [0.25, 0.3) is 0 Å². The van der Waals surface area contributed by atoms with E-state index < -0.39 is 0 Å². The van der Waals surface area contributed by atoms with Gasteiger partial charge >= 0.3 is 0 Å². The van der Waals surface area contributed by atoms with Crippen molar-refractivity contribution < 1.29 is 4.79 Å². The number of carbonyl (C=O) groups excluding carboxylic acids is 1. The van der Waals surface area contributed by atoms with E-state index in [2.05, 4.69) is 10.6 Å². The first-order valence-corrected chi connectivity index (χ1v) is 2.70. The number of nitrogens with one attached hydrogen (secondary N) is 2. The van der Waals surface area contributed by atoms with Gasteiger partial charge in [-0.2, -0.15) is 0 Å². The SMILES string of the molecule is C1CNCCN1.C=O. The van der Waals surface area contributed by atoms with E-state index in [4.69, 9.17) is 4.79 Å². The lowest BCUT2D eigenvalue weighted by Gasteiger charge is -2.11. The summed E-state index contributed by atoms with van der Waals surface area (Å²) >= 11 is 0. The van der Waals surface area contributed by atoms with Crippen LogP contribution in [0.15, 0.2) is 0 Å². The molecule has 0 unspecified atom stereocenters. The summed E-state index contributed by atoms with van der Waals surface area (Å²) in [5.41, 5.74) is 0. The molecule has 0 spiro atoms. The van der Waals surface area contributed by atoms with E-state index >= 15 is 0 Å². The smallest absolute Gasteiger partial charge is 0.106 e. The molecule has 1 heterocycles. The van der Waals surface area contributed by atoms with E-state index in [1.807, 2.05) is 6.79 Å². The molecular weight excluding hydrogens is 104 g/mol. The number of rotatable bonds is 0. The Morgan fingerprint density at radius 2 is 1.12 bits per heavy atom. The van der Waals surface area contributed by atoms with Crippen molar-refractivity contribution in [1.29, 1.82) is 0 Å². The molecular formula is C5H12N2O. The topological polar surface area (TPSA) is 41.1 Å². The van der Waals surface area contributed by atoms with Gasteiger partial charge in [-0.05, 0) is 0 Å². The predicted octanol–water partition coefficient (Wildman–Crippen LogP) is -1.01. The van der Waals surface area contributed by atoms with E-state index in [0.717, 1.165) is 26.2 Å². The van der Waals surface area contributed by atoms with Gasteiger partial charge in [-0.3, -0.25) is 0 Å². The van der Waals surface area contributed by atoms with Crippen molar-refractivity contribution in [1.82, 2.24) is 10.6 Å². The van der Waals surface area contributed by atoms with E-state index in [1.54, 1.807) is 0 Å². The first-order chi connectivity index (χ1) is 4.00. The van der Waals surface area contributed by atoms with Gasteiger partial charge in [0.1, 0.15) is 6.79 Å². The highest BCUT2D eigenvalue weighted by Gasteiger charge is 1.91. The molecule has 0 bridgehead atoms. The number of piperazine rings is 1. The fourth-order valence-corrected chi connectivity index (χ4v) is 0.604. The highest BCUT2D eigenvalue weighted by atomic mass is 16.1. The third kappa shape index (κ3) is 3.77. The first-order valence-electron chi connectivity index (χ1n) is 2.70. The van der Waals surface area contributed by atoms with Crippen LogP contribution >= 0.6 is 0 Å². The summed E-state index contributed by atoms with van der Waals surface area (Å²) in [7, 11) is 0. The van der Waals surface area contributed by atoms with Gasteiger partial charge in [0.05, 0.1) is 0 Å². The largest absolute Gasteiger partial charge is 0.314 e. The van der Waals surface area contributed by atoms with Gasteiger partial charge in [0.25, 0.3) is 0 Å². The Hall–Kier alpha value is -0.410. The van der Waals surface area contributed by atoms with Crippen molar-refractivity contribution >= 4 is 6.79 Å². The van der Waals surface area contributed by atoms with Crippen LogP contribution in [0.1, 0.15) is 0 Å². The van der Waals surface area contributed by atoms with Crippen molar-refractivity contribution in [2.24, 2.45) is 0 Å². The van der Waals surface area contributed by atoms with E-state index in [-0.39, 0.29) is 0 Å². The summed E-state index contributed by atoms with van der Waals surface area (Å²) in [5.74, 6) is 0. The third-order valence-electron chi connectivity index (χ3n) is 0.957. The van der Waals surface area contributed by atoms with Gasteiger partial charge in [-0.25, -0.2) is 0 Å². The molecule has 0 aliphatic carbocycles. The summed E-state index contributed by atoms with van der Waals surface area (Å²) in [4.78, 5) is 8.00. The average Bonchev–Trinajstić information content (AvgIpc) is 1.96. The summed E-state index contributed by atoms with van der Waals surface area (Å²) in [5, 5.41) is 6.44. The lowest BCUT2D eigenvalue weighted by molar-refractivity contribution is -0.0979. The zero-order valence-electron chi connectivity index (χ0n) is 4.94. The highest BCUT2D eigenvalue weighted by molar-refractivity contribution is 5.10. The van der Waals surface area contributed by atoms with Crippen LogP contribution in [0.4, 0.5) is 0 Å². The van der Waals surface area contributed by atoms with Crippen molar-refractivity contribution in [3.63, 3.8) is 0 Å². The molecule has 3 heteroatoms. The predicted molar refractivity (Wildman–Crippen MR) is 32.9 cm³/mol.